The number of hydrogen-bond acceptors (Lipinski definition) is 4. The van der Waals surface area contributed by atoms with Crippen molar-refractivity contribution in [3.63, 3.8) is 0 Å². The predicted octanol–water partition coefficient (Wildman–Crippen LogP) is 3.56. The van der Waals surface area contributed by atoms with Crippen LogP contribution >= 0.6 is 0 Å². The van der Waals surface area contributed by atoms with E-state index in [0.717, 1.165) is 19.3 Å². The van der Waals surface area contributed by atoms with E-state index >= 15 is 0 Å². The van der Waals surface area contributed by atoms with Crippen LogP contribution in [0.2, 0.25) is 0 Å². The number of hydrogen-bond donors (Lipinski definition) is 0. The van der Waals surface area contributed by atoms with E-state index in [4.69, 9.17) is 9.47 Å². The highest BCUT2D eigenvalue weighted by atomic mass is 16.6. The molecule has 0 unspecified atom stereocenters. The molecule has 4 nitrogen and oxygen atoms in total. The first-order valence-corrected chi connectivity index (χ1v) is 7.49. The van der Waals surface area contributed by atoms with E-state index in [1.807, 2.05) is 13.8 Å². The zero-order chi connectivity index (χ0) is 15.9. The summed E-state index contributed by atoms with van der Waals surface area (Å²) in [5.74, 6) is -0.416. The van der Waals surface area contributed by atoms with Crippen molar-refractivity contribution in [3.8, 4) is 0 Å². The molecule has 0 spiro atoms. The Morgan fingerprint density at radius 1 is 1.38 bits per heavy atom. The zero-order valence-corrected chi connectivity index (χ0v) is 13.3. The van der Waals surface area contributed by atoms with Crippen LogP contribution in [0.3, 0.4) is 0 Å². The van der Waals surface area contributed by atoms with E-state index in [-0.39, 0.29) is 25.4 Å². The van der Waals surface area contributed by atoms with Gasteiger partial charge in [0.25, 0.3) is 0 Å². The van der Waals surface area contributed by atoms with Crippen molar-refractivity contribution in [1.82, 2.24) is 0 Å². The standard InChI is InChI=1S/C17H26O4/c1-5-12-20-15(18)10-11-16(19)21-17(3,4)14-8-6-13(2)7-9-14/h5-6,14H,1,7-12H2,2-4H3/t14-/m1/s1. The van der Waals surface area contributed by atoms with Crippen LogP contribution in [0.4, 0.5) is 0 Å². The number of ether oxygens (including phenoxy) is 2. The van der Waals surface area contributed by atoms with E-state index in [1.165, 1.54) is 11.6 Å². The molecule has 0 bridgehead atoms. The molecule has 0 N–H and O–H groups in total. The third-order valence-corrected chi connectivity index (χ3v) is 3.89. The van der Waals surface area contributed by atoms with Crippen LogP contribution in [-0.4, -0.2) is 24.1 Å². The highest BCUT2D eigenvalue weighted by Crippen LogP contribution is 2.34. The number of carbonyl (C=O) groups excluding carboxylic acids is 2. The van der Waals surface area contributed by atoms with Crippen LogP contribution in [0.1, 0.15) is 52.9 Å². The summed E-state index contributed by atoms with van der Waals surface area (Å²) in [5.41, 5.74) is 0.901. The number of carbonyl (C=O) groups is 2. The Bertz CT molecular complexity index is 421. The third-order valence-electron chi connectivity index (χ3n) is 3.89. The summed E-state index contributed by atoms with van der Waals surface area (Å²) in [6.45, 7) is 9.65. The average Bonchev–Trinajstić information content (AvgIpc) is 2.43. The molecule has 0 heterocycles. The molecule has 0 aromatic carbocycles. The number of allylic oxidation sites excluding steroid dienone is 2. The van der Waals surface area contributed by atoms with Crippen molar-refractivity contribution < 1.29 is 19.1 Å². The van der Waals surface area contributed by atoms with Gasteiger partial charge in [0.05, 0.1) is 12.8 Å². The fraction of sp³-hybridized carbons (Fsp3) is 0.647. The van der Waals surface area contributed by atoms with Crippen molar-refractivity contribution in [2.45, 2.75) is 58.5 Å². The summed E-state index contributed by atoms with van der Waals surface area (Å²) in [4.78, 5) is 23.2. The van der Waals surface area contributed by atoms with Gasteiger partial charge in [0.2, 0.25) is 0 Å². The van der Waals surface area contributed by atoms with Gasteiger partial charge in [-0.15, -0.1) is 0 Å². The van der Waals surface area contributed by atoms with E-state index in [0.29, 0.717) is 5.92 Å². The molecule has 0 saturated carbocycles. The number of rotatable bonds is 7. The van der Waals surface area contributed by atoms with Crippen molar-refractivity contribution >= 4 is 11.9 Å². The second-order valence-electron chi connectivity index (χ2n) is 6.07. The minimum atomic E-state index is -0.501. The fourth-order valence-corrected chi connectivity index (χ4v) is 2.45. The molecule has 0 saturated heterocycles. The van der Waals surface area contributed by atoms with Gasteiger partial charge in [0, 0.05) is 5.92 Å². The molecule has 1 atom stereocenters. The smallest absolute Gasteiger partial charge is 0.306 e. The molecular formula is C17H26O4. The largest absolute Gasteiger partial charge is 0.461 e. The quantitative estimate of drug-likeness (QED) is 0.532. The molecule has 21 heavy (non-hydrogen) atoms. The Kier molecular flexibility index (Phi) is 6.66. The maximum atomic E-state index is 11.9. The van der Waals surface area contributed by atoms with Gasteiger partial charge in [0.1, 0.15) is 12.2 Å². The minimum Gasteiger partial charge on any atom is -0.461 e. The summed E-state index contributed by atoms with van der Waals surface area (Å²) in [5, 5.41) is 0. The molecule has 0 radical (unpaired) electrons. The van der Waals surface area contributed by atoms with Crippen LogP contribution in [0.15, 0.2) is 24.3 Å². The van der Waals surface area contributed by atoms with Gasteiger partial charge in [-0.25, -0.2) is 0 Å². The Morgan fingerprint density at radius 3 is 2.62 bits per heavy atom. The molecule has 1 rings (SSSR count). The van der Waals surface area contributed by atoms with E-state index in [2.05, 4.69) is 19.6 Å². The first-order valence-electron chi connectivity index (χ1n) is 7.49. The maximum Gasteiger partial charge on any atom is 0.306 e. The third kappa shape index (κ3) is 6.15. The van der Waals surface area contributed by atoms with Gasteiger partial charge in [-0.05, 0) is 40.0 Å². The lowest BCUT2D eigenvalue weighted by molar-refractivity contribution is -0.164. The highest BCUT2D eigenvalue weighted by molar-refractivity contribution is 5.77. The molecular weight excluding hydrogens is 268 g/mol. The fourth-order valence-electron chi connectivity index (χ4n) is 2.45. The molecule has 118 valence electrons. The van der Waals surface area contributed by atoms with Gasteiger partial charge in [-0.3, -0.25) is 9.59 Å². The first kappa shape index (κ1) is 17.5. The Balaban J connectivity index is 2.38. The minimum absolute atomic E-state index is 0.0480. The summed E-state index contributed by atoms with van der Waals surface area (Å²) in [6.07, 6.45) is 6.85. The molecule has 4 heteroatoms. The molecule has 0 aliphatic heterocycles. The molecule has 0 aromatic rings. The average molecular weight is 294 g/mol. The molecule has 0 fully saturated rings. The summed E-state index contributed by atoms with van der Waals surface area (Å²) < 4.78 is 10.4. The van der Waals surface area contributed by atoms with Gasteiger partial charge < -0.3 is 9.47 Å². The van der Waals surface area contributed by atoms with Gasteiger partial charge >= 0.3 is 11.9 Å². The lowest BCUT2D eigenvalue weighted by atomic mass is 9.79. The zero-order valence-electron chi connectivity index (χ0n) is 13.3. The molecule has 0 aromatic heterocycles. The van der Waals surface area contributed by atoms with Crippen LogP contribution in [-0.2, 0) is 19.1 Å². The van der Waals surface area contributed by atoms with Gasteiger partial charge in [0.15, 0.2) is 0 Å². The van der Waals surface area contributed by atoms with Crippen molar-refractivity contribution in [2.75, 3.05) is 6.61 Å². The van der Waals surface area contributed by atoms with Crippen LogP contribution < -0.4 is 0 Å². The van der Waals surface area contributed by atoms with E-state index in [1.54, 1.807) is 0 Å². The van der Waals surface area contributed by atoms with E-state index < -0.39 is 11.6 Å². The Labute approximate surface area is 127 Å². The first-order chi connectivity index (χ1) is 9.85. The van der Waals surface area contributed by atoms with Gasteiger partial charge in [-0.2, -0.15) is 0 Å². The predicted molar refractivity (Wildman–Crippen MR) is 81.7 cm³/mol. The summed E-state index contributed by atoms with van der Waals surface area (Å²) >= 11 is 0. The Hall–Kier alpha value is -1.58. The lowest BCUT2D eigenvalue weighted by Gasteiger charge is -2.35. The van der Waals surface area contributed by atoms with E-state index in [9.17, 15) is 9.59 Å². The monoisotopic (exact) mass is 294 g/mol. The van der Waals surface area contributed by atoms with Crippen LogP contribution in [0, 0.1) is 5.92 Å². The Morgan fingerprint density at radius 2 is 2.05 bits per heavy atom. The maximum absolute atomic E-state index is 11.9. The number of esters is 2. The van der Waals surface area contributed by atoms with Crippen molar-refractivity contribution in [1.29, 1.82) is 0 Å². The molecule has 1 aliphatic carbocycles. The molecule has 1 aliphatic rings. The van der Waals surface area contributed by atoms with Crippen LogP contribution in [0.25, 0.3) is 0 Å². The highest BCUT2D eigenvalue weighted by Gasteiger charge is 2.33. The van der Waals surface area contributed by atoms with Gasteiger partial charge in [-0.1, -0.05) is 24.3 Å². The molecule has 0 amide bonds. The van der Waals surface area contributed by atoms with Crippen LogP contribution in [0.5, 0.6) is 0 Å². The van der Waals surface area contributed by atoms with Crippen molar-refractivity contribution in [3.05, 3.63) is 24.3 Å². The van der Waals surface area contributed by atoms with Crippen molar-refractivity contribution in [2.24, 2.45) is 5.92 Å². The second-order valence-corrected chi connectivity index (χ2v) is 6.07. The lowest BCUT2D eigenvalue weighted by Crippen LogP contribution is -2.37. The topological polar surface area (TPSA) is 52.6 Å². The summed E-state index contributed by atoms with van der Waals surface area (Å²) in [7, 11) is 0. The summed E-state index contributed by atoms with van der Waals surface area (Å²) in [6, 6.07) is 0. The normalized spacial score (nSPS) is 18.6. The second kappa shape index (κ2) is 8.01. The SMILES string of the molecule is C=CCOC(=O)CCC(=O)OC(C)(C)[C@@H]1CC=C(C)CC1.